The third kappa shape index (κ3) is 4.75. The summed E-state index contributed by atoms with van der Waals surface area (Å²) < 4.78 is 46.4. The van der Waals surface area contributed by atoms with Gasteiger partial charge in [0.15, 0.2) is 23.0 Å². The average molecular weight is 474 g/mol. The summed E-state index contributed by atoms with van der Waals surface area (Å²) in [5.74, 6) is -1.08. The number of nitrogens with zero attached hydrogens (tertiary/aromatic N) is 3. The number of ketones is 1. The van der Waals surface area contributed by atoms with Gasteiger partial charge in [-0.3, -0.25) is 14.1 Å². The fraction of sp³-hybridized carbons (Fsp3) is 0.348. The lowest BCUT2D eigenvalue weighted by atomic mass is 10.0. The highest BCUT2D eigenvalue weighted by Crippen LogP contribution is 2.34. The Morgan fingerprint density at radius 2 is 1.97 bits per heavy atom. The van der Waals surface area contributed by atoms with Crippen molar-refractivity contribution >= 4 is 32.5 Å². The van der Waals surface area contributed by atoms with E-state index in [-0.39, 0.29) is 35.6 Å². The van der Waals surface area contributed by atoms with Crippen molar-refractivity contribution in [2.24, 2.45) is 0 Å². The summed E-state index contributed by atoms with van der Waals surface area (Å²) in [4.78, 5) is 21.5. The molecule has 0 atom stereocenters. The van der Waals surface area contributed by atoms with Crippen molar-refractivity contribution in [3.8, 4) is 11.5 Å². The van der Waals surface area contributed by atoms with Crippen molar-refractivity contribution in [3.63, 3.8) is 0 Å². The Bertz CT molecular complexity index is 1310. The largest absolute Gasteiger partial charge is 0.504 e. The number of pyridine rings is 2. The zero-order valence-corrected chi connectivity index (χ0v) is 18.9. The summed E-state index contributed by atoms with van der Waals surface area (Å²) in [5.41, 5.74) is 0.505. The molecule has 0 fully saturated rings. The predicted molar refractivity (Wildman–Crippen MR) is 122 cm³/mol. The van der Waals surface area contributed by atoms with Crippen molar-refractivity contribution in [3.05, 3.63) is 53.6 Å². The lowest BCUT2D eigenvalue weighted by Gasteiger charge is -2.21. The van der Waals surface area contributed by atoms with E-state index in [4.69, 9.17) is 4.74 Å². The maximum absolute atomic E-state index is 13.7. The number of fused-ring (bicyclic) bond motifs is 5. The van der Waals surface area contributed by atoms with Crippen molar-refractivity contribution in [1.82, 2.24) is 9.97 Å². The highest BCUT2D eigenvalue weighted by atomic mass is 32.2. The first-order chi connectivity index (χ1) is 15.8. The Kier molecular flexibility index (Phi) is 6.46. The Morgan fingerprint density at radius 1 is 1.15 bits per heavy atom. The number of ether oxygens (including phenoxy) is 1. The normalized spacial score (nSPS) is 17.4. The molecule has 33 heavy (non-hydrogen) atoms. The Morgan fingerprint density at radius 3 is 2.79 bits per heavy atom. The van der Waals surface area contributed by atoms with Gasteiger partial charge in [-0.15, -0.1) is 0 Å². The van der Waals surface area contributed by atoms with Gasteiger partial charge < -0.3 is 9.84 Å². The van der Waals surface area contributed by atoms with E-state index >= 15 is 0 Å². The molecule has 0 amide bonds. The van der Waals surface area contributed by atoms with Gasteiger partial charge in [0.2, 0.25) is 10.0 Å². The second-order valence-electron chi connectivity index (χ2n) is 7.90. The van der Waals surface area contributed by atoms with Gasteiger partial charge in [0, 0.05) is 31.1 Å². The van der Waals surface area contributed by atoms with E-state index in [0.717, 1.165) is 4.31 Å². The fourth-order valence-electron chi connectivity index (χ4n) is 3.79. The molecule has 0 aliphatic carbocycles. The molecule has 1 aliphatic heterocycles. The van der Waals surface area contributed by atoms with Crippen LogP contribution in [0.1, 0.15) is 41.7 Å². The molecule has 3 aromatic rings. The van der Waals surface area contributed by atoms with E-state index < -0.39 is 27.4 Å². The first-order valence-electron chi connectivity index (χ1n) is 10.7. The van der Waals surface area contributed by atoms with Crippen LogP contribution in [0.3, 0.4) is 0 Å². The number of benzene rings is 1. The molecule has 0 radical (unpaired) electrons. The first-order valence-corrected chi connectivity index (χ1v) is 12.3. The minimum Gasteiger partial charge on any atom is -0.504 e. The summed E-state index contributed by atoms with van der Waals surface area (Å²) in [7, 11) is -2.36. The second kappa shape index (κ2) is 9.30. The van der Waals surface area contributed by atoms with Gasteiger partial charge in [-0.2, -0.15) is 0 Å². The van der Waals surface area contributed by atoms with Crippen LogP contribution in [0.15, 0.2) is 36.5 Å². The van der Waals surface area contributed by atoms with Crippen LogP contribution in [-0.4, -0.2) is 48.7 Å². The fourth-order valence-corrected chi connectivity index (χ4v) is 5.04. The second-order valence-corrected chi connectivity index (χ2v) is 10.0. The molecule has 3 heterocycles. The summed E-state index contributed by atoms with van der Waals surface area (Å²) in [6, 6.07) is 7.36. The zero-order valence-electron chi connectivity index (χ0n) is 18.1. The smallest absolute Gasteiger partial charge is 0.236 e. The van der Waals surface area contributed by atoms with Crippen LogP contribution in [0.5, 0.6) is 11.5 Å². The standard InChI is InChI=1S/C23H24FN3O5S/c1-27-23-17-6-5-11-25-20(17)22(29)21(26-23)18(28)10-8-15-7-9-16(24)14-19(15)32-12-3-2-4-13-33(27,30)31/h5-7,9,11,14,29H,2-4,8,10,12-13H2,1H3. The van der Waals surface area contributed by atoms with E-state index in [9.17, 15) is 22.7 Å². The molecule has 8 nitrogen and oxygen atoms in total. The number of halogens is 1. The molecule has 1 N–H and O–H groups in total. The topological polar surface area (TPSA) is 110 Å². The number of aromatic hydroxyl groups is 1. The lowest BCUT2D eigenvalue weighted by molar-refractivity contribution is 0.0975. The highest BCUT2D eigenvalue weighted by molar-refractivity contribution is 7.92. The Hall–Kier alpha value is -3.27. The minimum absolute atomic E-state index is 0.0390. The average Bonchev–Trinajstić information content (AvgIpc) is 2.80. The highest BCUT2D eigenvalue weighted by Gasteiger charge is 2.26. The summed E-state index contributed by atoms with van der Waals surface area (Å²) in [5, 5.41) is 11.1. The van der Waals surface area contributed by atoms with Crippen LogP contribution >= 0.6 is 0 Å². The van der Waals surface area contributed by atoms with Crippen LogP contribution in [-0.2, 0) is 16.4 Å². The molecular formula is C23H24FN3O5S. The molecule has 1 aromatic carbocycles. The van der Waals surface area contributed by atoms with Crippen LogP contribution in [0.25, 0.3) is 10.9 Å². The molecule has 4 rings (SSSR count). The van der Waals surface area contributed by atoms with E-state index in [2.05, 4.69) is 9.97 Å². The van der Waals surface area contributed by atoms with E-state index in [0.29, 0.717) is 42.6 Å². The molecule has 1 aliphatic rings. The van der Waals surface area contributed by atoms with Gasteiger partial charge in [-0.1, -0.05) is 6.07 Å². The molecule has 0 saturated carbocycles. The van der Waals surface area contributed by atoms with Crippen LogP contribution < -0.4 is 9.04 Å². The van der Waals surface area contributed by atoms with Crippen molar-refractivity contribution in [2.45, 2.75) is 32.1 Å². The molecule has 0 saturated heterocycles. The number of sulfonamides is 1. The summed E-state index contributed by atoms with van der Waals surface area (Å²) in [6.07, 6.45) is 3.24. The van der Waals surface area contributed by atoms with Gasteiger partial charge in [-0.25, -0.2) is 17.8 Å². The quantitative estimate of drug-likeness (QED) is 0.531. The maximum atomic E-state index is 13.7. The number of hydrogen-bond donors (Lipinski definition) is 1. The number of carbonyl (C=O) groups excluding carboxylic acids is 1. The van der Waals surface area contributed by atoms with Crippen molar-refractivity contribution < 1.29 is 27.4 Å². The SMILES string of the molecule is CN1c2nc(c(O)c3ncccc23)C(=O)CCc2ccc(F)cc2OCCCCCS1(=O)=O. The number of carbonyl (C=O) groups is 1. The van der Waals surface area contributed by atoms with E-state index in [1.807, 2.05) is 0 Å². The molecule has 10 heteroatoms. The predicted octanol–water partition coefficient (Wildman–Crippen LogP) is 3.62. The first kappa shape index (κ1) is 22.9. The van der Waals surface area contributed by atoms with Crippen LogP contribution in [0.2, 0.25) is 0 Å². The van der Waals surface area contributed by atoms with Crippen molar-refractivity contribution in [1.29, 1.82) is 0 Å². The molecule has 2 aromatic heterocycles. The maximum Gasteiger partial charge on any atom is 0.236 e. The van der Waals surface area contributed by atoms with Gasteiger partial charge in [-0.05, 0) is 49.4 Å². The minimum atomic E-state index is -3.74. The molecule has 0 spiro atoms. The van der Waals surface area contributed by atoms with E-state index in [1.54, 1.807) is 18.2 Å². The number of aryl methyl sites for hydroxylation is 1. The van der Waals surface area contributed by atoms with Gasteiger partial charge in [0.25, 0.3) is 0 Å². The lowest BCUT2D eigenvalue weighted by Crippen LogP contribution is -2.30. The van der Waals surface area contributed by atoms with Crippen LogP contribution in [0.4, 0.5) is 10.2 Å². The summed E-state index contributed by atoms with van der Waals surface area (Å²) >= 11 is 0. The van der Waals surface area contributed by atoms with Gasteiger partial charge in [0.1, 0.15) is 17.1 Å². The zero-order chi connectivity index (χ0) is 23.6. The molecule has 0 unspecified atom stereocenters. The van der Waals surface area contributed by atoms with Crippen LogP contribution in [0, 0.1) is 5.82 Å². The molecular weight excluding hydrogens is 449 g/mol. The van der Waals surface area contributed by atoms with Crippen molar-refractivity contribution in [2.75, 3.05) is 23.7 Å². The number of aromatic nitrogens is 2. The number of rotatable bonds is 0. The third-order valence-corrected chi connectivity index (χ3v) is 7.46. The number of hydrogen-bond acceptors (Lipinski definition) is 7. The summed E-state index contributed by atoms with van der Waals surface area (Å²) in [6.45, 7) is 0.304. The Balaban J connectivity index is 1.81. The number of Topliss-reactive ketones (excluding diaryl/α,β-unsaturated/α-hetero) is 1. The third-order valence-electron chi connectivity index (χ3n) is 5.65. The Labute approximate surface area is 191 Å². The van der Waals surface area contributed by atoms with E-state index in [1.165, 1.54) is 25.4 Å². The number of anilines is 1. The van der Waals surface area contributed by atoms with Gasteiger partial charge >= 0.3 is 0 Å². The molecule has 2 bridgehead atoms. The van der Waals surface area contributed by atoms with Gasteiger partial charge in [0.05, 0.1) is 12.4 Å². The monoisotopic (exact) mass is 473 g/mol. The molecule has 174 valence electrons.